The van der Waals surface area contributed by atoms with E-state index >= 15 is 0 Å². The number of H-pyrrole nitrogens is 1. The highest BCUT2D eigenvalue weighted by atomic mass is 16.4. The lowest BCUT2D eigenvalue weighted by molar-refractivity contribution is 0.0693. The largest absolute Gasteiger partial charge is 0.477 e. The Morgan fingerprint density at radius 3 is 1.60 bits per heavy atom. The van der Waals surface area contributed by atoms with Crippen LogP contribution >= 0.6 is 0 Å². The van der Waals surface area contributed by atoms with Gasteiger partial charge < -0.3 is 15.2 Å². The molecular formula is C9H9NO5. The van der Waals surface area contributed by atoms with Gasteiger partial charge in [0.25, 0.3) is 0 Å². The van der Waals surface area contributed by atoms with Gasteiger partial charge in [-0.15, -0.1) is 0 Å². The smallest absolute Gasteiger partial charge is 0.341 e. The zero-order valence-electron chi connectivity index (χ0n) is 8.12. The first-order valence-corrected chi connectivity index (χ1v) is 4.06. The highest BCUT2D eigenvalue weighted by molar-refractivity contribution is 5.94. The zero-order chi connectivity index (χ0) is 11.7. The molecule has 1 aromatic heterocycles. The van der Waals surface area contributed by atoms with Crippen LogP contribution in [0.25, 0.3) is 0 Å². The van der Waals surface area contributed by atoms with Gasteiger partial charge in [0.15, 0.2) is 0 Å². The van der Waals surface area contributed by atoms with Crippen LogP contribution in [0.2, 0.25) is 0 Å². The molecule has 0 fully saturated rings. The Balaban J connectivity index is 3.72. The monoisotopic (exact) mass is 211 g/mol. The minimum absolute atomic E-state index is 0.148. The third-order valence-electron chi connectivity index (χ3n) is 2.01. The van der Waals surface area contributed by atoms with Crippen LogP contribution in [0.1, 0.15) is 32.1 Å². The molecule has 0 aromatic carbocycles. The maximum absolute atomic E-state index is 11.5. The molecule has 0 atom stereocenters. The molecule has 0 unspecified atom stereocenters. The van der Waals surface area contributed by atoms with Crippen LogP contribution in [0, 0.1) is 13.8 Å². The maximum atomic E-state index is 11.5. The lowest BCUT2D eigenvalue weighted by Gasteiger charge is -2.05. The van der Waals surface area contributed by atoms with Crippen molar-refractivity contribution in [2.75, 3.05) is 0 Å². The number of aromatic nitrogens is 1. The molecule has 6 nitrogen and oxygen atoms in total. The summed E-state index contributed by atoms with van der Waals surface area (Å²) >= 11 is 0. The molecule has 0 saturated carbocycles. The van der Waals surface area contributed by atoms with E-state index in [4.69, 9.17) is 10.2 Å². The second-order valence-corrected chi connectivity index (χ2v) is 3.06. The number of rotatable bonds is 2. The van der Waals surface area contributed by atoms with E-state index in [1.165, 1.54) is 13.8 Å². The molecule has 1 rings (SSSR count). The first-order chi connectivity index (χ1) is 6.86. The Morgan fingerprint density at radius 1 is 1.00 bits per heavy atom. The normalized spacial score (nSPS) is 10.0. The van der Waals surface area contributed by atoms with Gasteiger partial charge in [0, 0.05) is 11.4 Å². The van der Waals surface area contributed by atoms with Gasteiger partial charge in [0.2, 0.25) is 5.43 Å². The van der Waals surface area contributed by atoms with Gasteiger partial charge in [0.05, 0.1) is 0 Å². The maximum Gasteiger partial charge on any atom is 0.341 e. The fourth-order valence-corrected chi connectivity index (χ4v) is 1.39. The summed E-state index contributed by atoms with van der Waals surface area (Å²) in [5, 5.41) is 17.5. The van der Waals surface area contributed by atoms with Crippen LogP contribution in [0.15, 0.2) is 4.79 Å². The molecule has 0 saturated heterocycles. The summed E-state index contributed by atoms with van der Waals surface area (Å²) in [5.74, 6) is -2.87. The molecule has 0 spiro atoms. The molecule has 6 heteroatoms. The first-order valence-electron chi connectivity index (χ1n) is 4.06. The van der Waals surface area contributed by atoms with Gasteiger partial charge in [0.1, 0.15) is 11.1 Å². The van der Waals surface area contributed by atoms with Gasteiger partial charge in [-0.2, -0.15) is 0 Å². The molecule has 0 aliphatic rings. The number of carboxylic acids is 2. The first kappa shape index (κ1) is 11.0. The Bertz CT molecular complexity index is 459. The second-order valence-electron chi connectivity index (χ2n) is 3.06. The Morgan fingerprint density at radius 2 is 1.33 bits per heavy atom. The minimum atomic E-state index is -1.43. The van der Waals surface area contributed by atoms with E-state index in [2.05, 4.69) is 4.98 Å². The van der Waals surface area contributed by atoms with E-state index in [1.807, 2.05) is 0 Å². The SMILES string of the molecule is Cc1[nH]c(C)c(C(=O)O)c(=O)c1C(=O)O. The molecule has 3 N–H and O–H groups in total. The van der Waals surface area contributed by atoms with Crippen molar-refractivity contribution >= 4 is 11.9 Å². The van der Waals surface area contributed by atoms with E-state index in [0.29, 0.717) is 0 Å². The highest BCUT2D eigenvalue weighted by Gasteiger charge is 2.21. The van der Waals surface area contributed by atoms with Crippen LogP contribution in [0.4, 0.5) is 0 Å². The van der Waals surface area contributed by atoms with Crippen molar-refractivity contribution in [3.63, 3.8) is 0 Å². The van der Waals surface area contributed by atoms with E-state index in [9.17, 15) is 14.4 Å². The average molecular weight is 211 g/mol. The number of nitrogens with one attached hydrogen (secondary N) is 1. The Kier molecular flexibility index (Phi) is 2.61. The minimum Gasteiger partial charge on any atom is -0.477 e. The molecule has 1 heterocycles. The third kappa shape index (κ3) is 1.74. The van der Waals surface area contributed by atoms with Crippen LogP contribution in [-0.2, 0) is 0 Å². The topological polar surface area (TPSA) is 107 Å². The second kappa shape index (κ2) is 3.56. The molecule has 0 radical (unpaired) electrons. The summed E-state index contributed by atoms with van der Waals surface area (Å²) < 4.78 is 0. The molecule has 0 amide bonds. The Labute approximate surface area is 84.2 Å². The number of carbonyl (C=O) groups is 2. The van der Waals surface area contributed by atoms with Crippen LogP contribution < -0.4 is 5.43 Å². The molecular weight excluding hydrogens is 202 g/mol. The van der Waals surface area contributed by atoms with Gasteiger partial charge in [-0.1, -0.05) is 0 Å². The number of hydrogen-bond donors (Lipinski definition) is 3. The average Bonchev–Trinajstić information content (AvgIpc) is 1.99. The summed E-state index contributed by atoms with van der Waals surface area (Å²) in [5.41, 5.74) is -1.73. The van der Waals surface area contributed by atoms with Gasteiger partial charge in [-0.3, -0.25) is 4.79 Å². The molecule has 0 aliphatic heterocycles. The molecule has 0 bridgehead atoms. The number of aryl methyl sites for hydroxylation is 2. The predicted molar refractivity (Wildman–Crippen MR) is 50.5 cm³/mol. The van der Waals surface area contributed by atoms with Gasteiger partial charge in [-0.25, -0.2) is 9.59 Å². The summed E-state index contributed by atoms with van der Waals surface area (Å²) in [6, 6.07) is 0. The Hall–Kier alpha value is -2.11. The quantitative estimate of drug-likeness (QED) is 0.655. The van der Waals surface area contributed by atoms with E-state index < -0.39 is 28.5 Å². The van der Waals surface area contributed by atoms with Crippen molar-refractivity contribution in [1.29, 1.82) is 0 Å². The van der Waals surface area contributed by atoms with Crippen molar-refractivity contribution in [1.82, 2.24) is 4.98 Å². The standard InChI is InChI=1S/C9H9NO5/c1-3-5(8(12)13)7(11)6(9(14)15)4(2)10-3/h1-2H3,(H,10,11)(H,12,13)(H,14,15). The predicted octanol–water partition coefficient (Wildman–Crippen LogP) is 0.388. The lowest BCUT2D eigenvalue weighted by atomic mass is 10.1. The molecule has 15 heavy (non-hydrogen) atoms. The fourth-order valence-electron chi connectivity index (χ4n) is 1.39. The summed E-state index contributed by atoms with van der Waals surface area (Å²) in [6.45, 7) is 2.81. The van der Waals surface area contributed by atoms with Crippen LogP contribution in [-0.4, -0.2) is 27.1 Å². The zero-order valence-corrected chi connectivity index (χ0v) is 8.12. The highest BCUT2D eigenvalue weighted by Crippen LogP contribution is 2.06. The van der Waals surface area contributed by atoms with Crippen molar-refractivity contribution in [3.05, 3.63) is 32.7 Å². The van der Waals surface area contributed by atoms with Crippen LogP contribution in [0.3, 0.4) is 0 Å². The molecule has 80 valence electrons. The van der Waals surface area contributed by atoms with Crippen molar-refractivity contribution in [3.8, 4) is 0 Å². The number of aromatic amines is 1. The van der Waals surface area contributed by atoms with E-state index in [0.717, 1.165) is 0 Å². The fraction of sp³-hybridized carbons (Fsp3) is 0.222. The van der Waals surface area contributed by atoms with Crippen LogP contribution in [0.5, 0.6) is 0 Å². The van der Waals surface area contributed by atoms with Crippen molar-refractivity contribution in [2.45, 2.75) is 13.8 Å². The summed E-state index contributed by atoms with van der Waals surface area (Å²) in [6.07, 6.45) is 0. The molecule has 1 aromatic rings. The molecule has 0 aliphatic carbocycles. The summed E-state index contributed by atoms with van der Waals surface area (Å²) in [4.78, 5) is 35.5. The van der Waals surface area contributed by atoms with Crippen molar-refractivity contribution in [2.24, 2.45) is 0 Å². The number of aromatic carboxylic acids is 2. The third-order valence-corrected chi connectivity index (χ3v) is 2.01. The summed E-state index contributed by atoms with van der Waals surface area (Å²) in [7, 11) is 0. The number of pyridine rings is 1. The van der Waals surface area contributed by atoms with Gasteiger partial charge in [-0.05, 0) is 13.8 Å². The van der Waals surface area contributed by atoms with Gasteiger partial charge >= 0.3 is 11.9 Å². The van der Waals surface area contributed by atoms with E-state index in [1.54, 1.807) is 0 Å². The lowest BCUT2D eigenvalue weighted by Crippen LogP contribution is -2.26. The van der Waals surface area contributed by atoms with E-state index in [-0.39, 0.29) is 11.4 Å². The van der Waals surface area contributed by atoms with Crippen molar-refractivity contribution < 1.29 is 19.8 Å². The number of carboxylic acid groups (broad SMARTS) is 2. The number of hydrogen-bond acceptors (Lipinski definition) is 3.